The van der Waals surface area contributed by atoms with Crippen LogP contribution in [-0.4, -0.2) is 68.2 Å². The molecule has 10 nitrogen and oxygen atoms in total. The van der Waals surface area contributed by atoms with E-state index in [2.05, 4.69) is 10.6 Å². The summed E-state index contributed by atoms with van der Waals surface area (Å²) in [5, 5.41) is 8.46. The molecule has 1 aliphatic rings. The second-order valence-electron chi connectivity index (χ2n) is 11.1. The Bertz CT molecular complexity index is 1730. The van der Waals surface area contributed by atoms with Crippen molar-refractivity contribution in [3.63, 3.8) is 0 Å². The van der Waals surface area contributed by atoms with Gasteiger partial charge in [-0.1, -0.05) is 12.1 Å². The summed E-state index contributed by atoms with van der Waals surface area (Å²) in [5.41, 5.74) is 3.62. The Kier molecular flexibility index (Phi) is 7.66. The summed E-state index contributed by atoms with van der Waals surface area (Å²) in [6.07, 6.45) is 0.744. The summed E-state index contributed by atoms with van der Waals surface area (Å²) >= 11 is 1.46. The lowest BCUT2D eigenvalue weighted by Crippen LogP contribution is -2.36. The van der Waals surface area contributed by atoms with Gasteiger partial charge in [0, 0.05) is 12.2 Å². The topological polar surface area (TPSA) is 117 Å². The maximum atomic E-state index is 13.4. The Hall–Kier alpha value is -3.74. The predicted octanol–water partition coefficient (Wildman–Crippen LogP) is 5.21. The molecule has 0 aliphatic carbocycles. The summed E-state index contributed by atoms with van der Waals surface area (Å²) in [4.78, 5) is 26.2. The Morgan fingerprint density at radius 2 is 1.85 bits per heavy atom. The number of nitrogens with zero attached hydrogens (tertiary/aromatic N) is 4. The summed E-state index contributed by atoms with van der Waals surface area (Å²) in [6, 6.07) is 12.6. The largest absolute Gasteiger partial charge is 0.495 e. The van der Waals surface area contributed by atoms with E-state index in [4.69, 9.17) is 14.7 Å². The number of likely N-dealkylation sites (N-methyl/N-ethyl adjacent to an activating group) is 1. The number of hydrogen-bond acceptors (Lipinski definition) is 10. The molecular weight excluding hydrogens is 560 g/mol. The van der Waals surface area contributed by atoms with Crippen molar-refractivity contribution in [1.82, 2.24) is 14.9 Å². The molecule has 0 unspecified atom stereocenters. The van der Waals surface area contributed by atoms with Crippen LogP contribution in [0.15, 0.2) is 52.7 Å². The standard InChI is InChI=1S/C29H34N6O4S2/c1-29(2,3)41(37,38)24-10-8-7-9-19(24)30-27-26-20(12-14-40-26)31-28(33-27)32-21-16-22-18(15-23(21)39-6)11-13-35(22)25(36)17-34(4)5/h7-10,12,14-16H,11,13,17H2,1-6H3,(H2,30,31,32,33). The summed E-state index contributed by atoms with van der Waals surface area (Å²) < 4.78 is 32.2. The zero-order chi connectivity index (χ0) is 29.5. The van der Waals surface area contributed by atoms with Crippen LogP contribution in [0, 0.1) is 0 Å². The number of sulfone groups is 1. The number of amides is 1. The van der Waals surface area contributed by atoms with Gasteiger partial charge in [0.2, 0.25) is 11.9 Å². The molecule has 1 amide bonds. The van der Waals surface area contributed by atoms with Gasteiger partial charge >= 0.3 is 0 Å². The molecule has 41 heavy (non-hydrogen) atoms. The molecule has 0 bridgehead atoms. The Balaban J connectivity index is 1.53. The Morgan fingerprint density at radius 1 is 1.10 bits per heavy atom. The van der Waals surface area contributed by atoms with Gasteiger partial charge in [0.05, 0.1) is 44.9 Å². The van der Waals surface area contributed by atoms with E-state index >= 15 is 0 Å². The highest BCUT2D eigenvalue weighted by atomic mass is 32.2. The van der Waals surface area contributed by atoms with E-state index in [0.717, 1.165) is 22.4 Å². The van der Waals surface area contributed by atoms with Gasteiger partial charge in [-0.3, -0.25) is 4.79 Å². The highest BCUT2D eigenvalue weighted by Gasteiger charge is 2.33. The zero-order valence-electron chi connectivity index (χ0n) is 24.0. The van der Waals surface area contributed by atoms with E-state index < -0.39 is 14.6 Å². The maximum absolute atomic E-state index is 13.4. The number of methoxy groups -OCH3 is 1. The van der Waals surface area contributed by atoms with Crippen LogP contribution in [0.5, 0.6) is 5.75 Å². The molecule has 4 aromatic rings. The van der Waals surface area contributed by atoms with Gasteiger partial charge in [-0.2, -0.15) is 4.98 Å². The van der Waals surface area contributed by atoms with Crippen molar-refractivity contribution < 1.29 is 17.9 Å². The number of hydrogen-bond donors (Lipinski definition) is 2. The van der Waals surface area contributed by atoms with Crippen LogP contribution < -0.4 is 20.3 Å². The molecule has 0 atom stereocenters. The summed E-state index contributed by atoms with van der Waals surface area (Å²) in [5.74, 6) is 1.41. The van der Waals surface area contributed by atoms with E-state index in [9.17, 15) is 13.2 Å². The number of carbonyl (C=O) groups excluding carboxylic acids is 1. The summed E-state index contributed by atoms with van der Waals surface area (Å²) in [6.45, 7) is 5.97. The van der Waals surface area contributed by atoms with Gasteiger partial charge in [-0.05, 0) is 82.6 Å². The van der Waals surface area contributed by atoms with Crippen LogP contribution in [0.1, 0.15) is 26.3 Å². The van der Waals surface area contributed by atoms with E-state index in [1.807, 2.05) is 42.6 Å². The number of fused-ring (bicyclic) bond motifs is 2. The van der Waals surface area contributed by atoms with Crippen LogP contribution in [0.25, 0.3) is 10.2 Å². The molecule has 0 saturated carbocycles. The number of nitrogens with one attached hydrogen (secondary N) is 2. The second kappa shape index (κ2) is 10.9. The number of benzene rings is 2. The van der Waals surface area contributed by atoms with E-state index in [0.29, 0.717) is 47.5 Å². The van der Waals surface area contributed by atoms with Gasteiger partial charge in [-0.25, -0.2) is 13.4 Å². The number of carbonyl (C=O) groups is 1. The first-order valence-electron chi connectivity index (χ1n) is 13.2. The number of aromatic nitrogens is 2. The highest BCUT2D eigenvalue weighted by molar-refractivity contribution is 7.93. The fourth-order valence-electron chi connectivity index (χ4n) is 4.68. The highest BCUT2D eigenvalue weighted by Crippen LogP contribution is 2.40. The van der Waals surface area contributed by atoms with Crippen molar-refractivity contribution in [1.29, 1.82) is 0 Å². The lowest BCUT2D eigenvalue weighted by Gasteiger charge is -2.22. The molecule has 0 spiro atoms. The Labute approximate surface area is 244 Å². The normalized spacial score (nSPS) is 13.5. The van der Waals surface area contributed by atoms with Gasteiger partial charge in [0.25, 0.3) is 0 Å². The SMILES string of the molecule is COc1cc2c(cc1Nc1nc(Nc3ccccc3S(=O)(=O)C(C)(C)C)c3sccc3n1)N(C(=O)CN(C)C)CC2. The molecule has 216 valence electrons. The van der Waals surface area contributed by atoms with E-state index in [1.165, 1.54) is 11.3 Å². The van der Waals surface area contributed by atoms with E-state index in [1.54, 1.807) is 57.0 Å². The predicted molar refractivity (Wildman–Crippen MR) is 165 cm³/mol. The first-order chi connectivity index (χ1) is 19.4. The van der Waals surface area contributed by atoms with Crippen molar-refractivity contribution >= 4 is 66.1 Å². The molecule has 0 radical (unpaired) electrons. The molecule has 2 N–H and O–H groups in total. The maximum Gasteiger partial charge on any atom is 0.241 e. The molecule has 0 fully saturated rings. The minimum atomic E-state index is -3.63. The molecular formula is C29H34N6O4S2. The lowest BCUT2D eigenvalue weighted by atomic mass is 10.1. The van der Waals surface area contributed by atoms with Crippen molar-refractivity contribution in [2.45, 2.75) is 36.8 Å². The number of ether oxygens (including phenoxy) is 1. The van der Waals surface area contributed by atoms with Crippen LogP contribution in [0.3, 0.4) is 0 Å². The average Bonchev–Trinajstić information content (AvgIpc) is 3.54. The first kappa shape index (κ1) is 28.8. The van der Waals surface area contributed by atoms with Gasteiger partial charge in [-0.15, -0.1) is 11.3 Å². The number of thiophene rings is 1. The fraction of sp³-hybridized carbons (Fsp3) is 0.345. The van der Waals surface area contributed by atoms with Crippen LogP contribution in [0.2, 0.25) is 0 Å². The first-order valence-corrected chi connectivity index (χ1v) is 15.5. The van der Waals surface area contributed by atoms with Crippen LogP contribution in [-0.2, 0) is 21.1 Å². The average molecular weight is 595 g/mol. The van der Waals surface area contributed by atoms with Crippen LogP contribution in [0.4, 0.5) is 28.8 Å². The van der Waals surface area contributed by atoms with Crippen molar-refractivity contribution in [2.75, 3.05) is 49.8 Å². The van der Waals surface area contributed by atoms with Crippen molar-refractivity contribution in [3.05, 3.63) is 53.4 Å². The molecule has 0 saturated heterocycles. The number of anilines is 5. The molecule has 5 rings (SSSR count). The zero-order valence-corrected chi connectivity index (χ0v) is 25.6. The fourth-order valence-corrected chi connectivity index (χ4v) is 6.78. The van der Waals surface area contributed by atoms with Gasteiger partial charge in [0.1, 0.15) is 5.75 Å². The number of rotatable bonds is 8. The lowest BCUT2D eigenvalue weighted by molar-refractivity contribution is -0.119. The molecule has 12 heteroatoms. The third-order valence-corrected chi connectivity index (χ3v) is 10.3. The van der Waals surface area contributed by atoms with Crippen LogP contribution >= 0.6 is 11.3 Å². The molecule has 3 heterocycles. The number of para-hydroxylation sites is 1. The minimum absolute atomic E-state index is 0.0242. The third-order valence-electron chi connectivity index (χ3n) is 6.83. The van der Waals surface area contributed by atoms with Gasteiger partial charge < -0.3 is 25.2 Å². The van der Waals surface area contributed by atoms with Gasteiger partial charge in [0.15, 0.2) is 15.7 Å². The third kappa shape index (κ3) is 5.59. The molecule has 2 aromatic carbocycles. The second-order valence-corrected chi connectivity index (χ2v) is 14.7. The van der Waals surface area contributed by atoms with Crippen molar-refractivity contribution in [2.24, 2.45) is 0 Å². The molecule has 2 aromatic heterocycles. The van der Waals surface area contributed by atoms with Crippen molar-refractivity contribution in [3.8, 4) is 5.75 Å². The van der Waals surface area contributed by atoms with E-state index in [-0.39, 0.29) is 10.8 Å². The molecule has 1 aliphatic heterocycles. The summed E-state index contributed by atoms with van der Waals surface area (Å²) in [7, 11) is 1.71. The minimum Gasteiger partial charge on any atom is -0.495 e. The Morgan fingerprint density at radius 3 is 2.56 bits per heavy atom. The quantitative estimate of drug-likeness (QED) is 0.284. The smallest absolute Gasteiger partial charge is 0.241 e. The monoisotopic (exact) mass is 594 g/mol.